The molecule has 0 saturated carbocycles. The van der Waals surface area contributed by atoms with Crippen molar-refractivity contribution in [3.8, 4) is 0 Å². The number of rotatable bonds is 5. The molecule has 0 radical (unpaired) electrons. The maximum atomic E-state index is 12.9. The quantitative estimate of drug-likeness (QED) is 0.822. The van der Waals surface area contributed by atoms with Crippen molar-refractivity contribution in [3.05, 3.63) is 54.0 Å². The average Bonchev–Trinajstić information content (AvgIpc) is 3.14. The minimum Gasteiger partial charge on any atom is -0.463 e. The summed E-state index contributed by atoms with van der Waals surface area (Å²) in [5.74, 6) is 0.140. The Hall–Kier alpha value is -3.09. The second-order valence-electron chi connectivity index (χ2n) is 7.05. The summed E-state index contributed by atoms with van der Waals surface area (Å²) in [4.78, 5) is 40.8. The molecule has 2 heterocycles. The van der Waals surface area contributed by atoms with Crippen LogP contribution in [-0.4, -0.2) is 35.3 Å². The van der Waals surface area contributed by atoms with Crippen molar-refractivity contribution in [1.82, 2.24) is 10.2 Å². The first-order valence-electron chi connectivity index (χ1n) is 8.82. The highest BCUT2D eigenvalue weighted by Crippen LogP contribution is 2.30. The molecule has 1 aromatic heterocycles. The molecule has 142 valence electrons. The minimum atomic E-state index is -1.32. The van der Waals surface area contributed by atoms with E-state index in [1.54, 1.807) is 30.9 Å². The lowest BCUT2D eigenvalue weighted by molar-refractivity contribution is -0.134. The van der Waals surface area contributed by atoms with E-state index < -0.39 is 17.5 Å². The number of hydrogen-bond acceptors (Lipinski definition) is 4. The summed E-state index contributed by atoms with van der Waals surface area (Å²) in [6.07, 6.45) is 0. The number of carbonyl (C=O) groups excluding carboxylic acids is 3. The van der Waals surface area contributed by atoms with Gasteiger partial charge in [0, 0.05) is 11.7 Å². The van der Waals surface area contributed by atoms with E-state index in [1.165, 1.54) is 0 Å². The number of aryl methyl sites for hydroxylation is 1. The molecule has 7 nitrogen and oxygen atoms in total. The van der Waals surface area contributed by atoms with Crippen LogP contribution in [0.5, 0.6) is 0 Å². The van der Waals surface area contributed by atoms with Gasteiger partial charge in [-0.3, -0.25) is 14.5 Å². The van der Waals surface area contributed by atoms with E-state index in [0.717, 1.165) is 4.90 Å². The standard InChI is InChI=1S/C20H23N3O4/c1-13(2)23(15-8-6-5-7-9-15)17(24)12-22-18(25)20(4,21-19(22)26)16-11-10-14(3)27-16/h5-11,13H,12H2,1-4H3,(H,21,26)/t20-/m0/s1. The predicted octanol–water partition coefficient (Wildman–Crippen LogP) is 2.80. The molecule has 3 rings (SSSR count). The molecule has 1 aliphatic rings. The number of amides is 4. The smallest absolute Gasteiger partial charge is 0.325 e. The van der Waals surface area contributed by atoms with Gasteiger partial charge >= 0.3 is 6.03 Å². The summed E-state index contributed by atoms with van der Waals surface area (Å²) < 4.78 is 5.54. The SMILES string of the molecule is Cc1ccc([C@]2(C)NC(=O)N(CC(=O)N(c3ccccc3)C(C)C)C2=O)o1. The lowest BCUT2D eigenvalue weighted by atomic mass is 9.99. The van der Waals surface area contributed by atoms with Gasteiger partial charge in [0.15, 0.2) is 5.54 Å². The van der Waals surface area contributed by atoms with Crippen LogP contribution in [-0.2, 0) is 15.1 Å². The Labute approximate surface area is 157 Å². The van der Waals surface area contributed by atoms with Crippen LogP contribution in [0, 0.1) is 6.92 Å². The molecule has 0 bridgehead atoms. The van der Waals surface area contributed by atoms with E-state index in [0.29, 0.717) is 17.2 Å². The Morgan fingerprint density at radius 3 is 2.41 bits per heavy atom. The number of carbonyl (C=O) groups is 3. The Kier molecular flexibility index (Phi) is 4.78. The number of nitrogens with zero attached hydrogens (tertiary/aromatic N) is 2. The van der Waals surface area contributed by atoms with Gasteiger partial charge in [-0.05, 0) is 52.0 Å². The van der Waals surface area contributed by atoms with Crippen molar-refractivity contribution < 1.29 is 18.8 Å². The molecule has 7 heteroatoms. The largest absolute Gasteiger partial charge is 0.463 e. The minimum absolute atomic E-state index is 0.125. The highest BCUT2D eigenvalue weighted by molar-refractivity contribution is 6.10. The Balaban J connectivity index is 1.83. The zero-order chi connectivity index (χ0) is 19.8. The van der Waals surface area contributed by atoms with Gasteiger partial charge in [-0.25, -0.2) is 4.79 Å². The number of imide groups is 1. The van der Waals surface area contributed by atoms with E-state index in [4.69, 9.17) is 4.42 Å². The van der Waals surface area contributed by atoms with E-state index in [-0.39, 0.29) is 18.5 Å². The van der Waals surface area contributed by atoms with Crippen LogP contribution < -0.4 is 10.2 Å². The Bertz CT molecular complexity index is 874. The van der Waals surface area contributed by atoms with Crippen molar-refractivity contribution in [1.29, 1.82) is 0 Å². The molecule has 1 N–H and O–H groups in total. The fourth-order valence-electron chi connectivity index (χ4n) is 3.24. The molecule has 0 unspecified atom stereocenters. The molecule has 1 fully saturated rings. The second-order valence-corrected chi connectivity index (χ2v) is 7.05. The lowest BCUT2D eigenvalue weighted by Gasteiger charge is -2.28. The van der Waals surface area contributed by atoms with Gasteiger partial charge in [-0.2, -0.15) is 0 Å². The van der Waals surface area contributed by atoms with Crippen molar-refractivity contribution in [2.75, 3.05) is 11.4 Å². The van der Waals surface area contributed by atoms with Crippen LogP contribution >= 0.6 is 0 Å². The third-order valence-electron chi connectivity index (χ3n) is 4.62. The molecule has 0 spiro atoms. The first-order valence-corrected chi connectivity index (χ1v) is 8.82. The third-order valence-corrected chi connectivity index (χ3v) is 4.62. The maximum absolute atomic E-state index is 12.9. The van der Waals surface area contributed by atoms with Gasteiger partial charge in [0.25, 0.3) is 5.91 Å². The summed E-state index contributed by atoms with van der Waals surface area (Å²) in [7, 11) is 0. The van der Waals surface area contributed by atoms with Crippen LogP contribution in [0.1, 0.15) is 32.3 Å². The fraction of sp³-hybridized carbons (Fsp3) is 0.350. The van der Waals surface area contributed by atoms with Gasteiger partial charge in [-0.15, -0.1) is 0 Å². The predicted molar refractivity (Wildman–Crippen MR) is 100 cm³/mol. The molecule has 1 aliphatic heterocycles. The van der Waals surface area contributed by atoms with Gasteiger partial charge in [0.1, 0.15) is 18.1 Å². The number of para-hydroxylation sites is 1. The normalized spacial score (nSPS) is 19.5. The van der Waals surface area contributed by atoms with E-state index >= 15 is 0 Å². The molecular formula is C20H23N3O4. The highest BCUT2D eigenvalue weighted by Gasteiger charge is 2.51. The summed E-state index contributed by atoms with van der Waals surface area (Å²) in [6.45, 7) is 6.76. The molecule has 1 atom stereocenters. The van der Waals surface area contributed by atoms with Crippen LogP contribution in [0.4, 0.5) is 10.5 Å². The van der Waals surface area contributed by atoms with E-state index in [2.05, 4.69) is 5.32 Å². The zero-order valence-corrected chi connectivity index (χ0v) is 15.9. The number of anilines is 1. The first kappa shape index (κ1) is 18.7. The average molecular weight is 369 g/mol. The molecule has 2 aromatic rings. The Morgan fingerprint density at radius 1 is 1.19 bits per heavy atom. The fourth-order valence-corrected chi connectivity index (χ4v) is 3.24. The van der Waals surface area contributed by atoms with Crippen molar-refractivity contribution in [2.24, 2.45) is 0 Å². The summed E-state index contributed by atoms with van der Waals surface area (Å²) in [5, 5.41) is 2.65. The van der Waals surface area contributed by atoms with Gasteiger partial charge < -0.3 is 14.6 Å². The van der Waals surface area contributed by atoms with Crippen LogP contribution in [0.2, 0.25) is 0 Å². The highest BCUT2D eigenvalue weighted by atomic mass is 16.3. The van der Waals surface area contributed by atoms with Gasteiger partial charge in [0.2, 0.25) is 5.91 Å². The van der Waals surface area contributed by atoms with Crippen LogP contribution in [0.25, 0.3) is 0 Å². The van der Waals surface area contributed by atoms with Gasteiger partial charge in [-0.1, -0.05) is 18.2 Å². The van der Waals surface area contributed by atoms with E-state index in [9.17, 15) is 14.4 Å². The Morgan fingerprint density at radius 2 is 1.85 bits per heavy atom. The second kappa shape index (κ2) is 6.90. The van der Waals surface area contributed by atoms with Crippen LogP contribution in [0.3, 0.4) is 0 Å². The summed E-state index contributed by atoms with van der Waals surface area (Å²) in [5.41, 5.74) is -0.602. The molecular weight excluding hydrogens is 346 g/mol. The van der Waals surface area contributed by atoms with E-state index in [1.807, 2.05) is 44.2 Å². The van der Waals surface area contributed by atoms with Crippen molar-refractivity contribution >= 4 is 23.5 Å². The first-order chi connectivity index (χ1) is 12.7. The molecule has 1 saturated heterocycles. The summed E-state index contributed by atoms with van der Waals surface area (Å²) >= 11 is 0. The maximum Gasteiger partial charge on any atom is 0.325 e. The number of urea groups is 1. The van der Waals surface area contributed by atoms with Gasteiger partial charge in [0.05, 0.1) is 0 Å². The number of furan rings is 1. The number of benzene rings is 1. The molecule has 1 aromatic carbocycles. The molecule has 4 amide bonds. The topological polar surface area (TPSA) is 82.9 Å². The summed E-state index contributed by atoms with van der Waals surface area (Å²) in [6, 6.07) is 11.8. The molecule has 0 aliphatic carbocycles. The monoisotopic (exact) mass is 369 g/mol. The zero-order valence-electron chi connectivity index (χ0n) is 15.9. The number of nitrogens with one attached hydrogen (secondary N) is 1. The van der Waals surface area contributed by atoms with Crippen LogP contribution in [0.15, 0.2) is 46.9 Å². The third kappa shape index (κ3) is 3.32. The number of hydrogen-bond donors (Lipinski definition) is 1. The molecule has 27 heavy (non-hydrogen) atoms. The van der Waals surface area contributed by atoms with Crippen molar-refractivity contribution in [3.63, 3.8) is 0 Å². The van der Waals surface area contributed by atoms with Crippen molar-refractivity contribution in [2.45, 2.75) is 39.3 Å². The lowest BCUT2D eigenvalue weighted by Crippen LogP contribution is -2.46.